The third kappa shape index (κ3) is 10.0. The van der Waals surface area contributed by atoms with Gasteiger partial charge in [-0.3, -0.25) is 0 Å². The van der Waals surface area contributed by atoms with Gasteiger partial charge in [-0.2, -0.15) is 0 Å². The van der Waals surface area contributed by atoms with Crippen molar-refractivity contribution in [3.63, 3.8) is 0 Å². The van der Waals surface area contributed by atoms with Crippen LogP contribution in [0.3, 0.4) is 0 Å². The molecule has 4 atom stereocenters. The number of rotatable bonds is 16. The molecule has 1 aliphatic carbocycles. The van der Waals surface area contributed by atoms with Crippen molar-refractivity contribution in [2.24, 2.45) is 23.2 Å². The molecule has 1 aliphatic rings. The van der Waals surface area contributed by atoms with Gasteiger partial charge in [-0.25, -0.2) is 4.79 Å². The van der Waals surface area contributed by atoms with Crippen LogP contribution in [0, 0.1) is 23.2 Å². The number of carbonyl (C=O) groups is 1. The summed E-state index contributed by atoms with van der Waals surface area (Å²) in [5.74, 6) is 2.66. The van der Waals surface area contributed by atoms with Gasteiger partial charge < -0.3 is 9.47 Å². The van der Waals surface area contributed by atoms with E-state index < -0.39 is 0 Å². The summed E-state index contributed by atoms with van der Waals surface area (Å²) < 4.78 is 11.5. The van der Waals surface area contributed by atoms with Gasteiger partial charge >= 0.3 is 5.97 Å². The fraction of sp³-hybridized carbons (Fsp3) is 0.312. The zero-order valence-electron chi connectivity index (χ0n) is 31.0. The Morgan fingerprint density at radius 1 is 0.885 bits per heavy atom. The van der Waals surface area contributed by atoms with E-state index in [0.29, 0.717) is 34.9 Å². The van der Waals surface area contributed by atoms with Crippen LogP contribution in [0.5, 0.6) is 5.75 Å². The third-order valence-electron chi connectivity index (χ3n) is 10.8. The molecule has 0 aromatic heterocycles. The van der Waals surface area contributed by atoms with Crippen LogP contribution in [0.15, 0.2) is 140 Å². The summed E-state index contributed by atoms with van der Waals surface area (Å²) >= 11 is 6.30. The first-order valence-electron chi connectivity index (χ1n) is 18.6. The van der Waals surface area contributed by atoms with Crippen molar-refractivity contribution < 1.29 is 14.3 Å². The molecular formula is C48H53ClO3. The van der Waals surface area contributed by atoms with Crippen molar-refractivity contribution in [2.45, 2.75) is 52.9 Å². The SMILES string of the molecule is C=C[C@]1(C)CC[C@@H](C(C)C/C=C/c2ccc(C(=O)OCCOc3ccc(/C(=C(/CCCl)c4ccccc4)c4ccccc4)cc3)cc2)C[C@H]1C(=C)C. The molecule has 0 saturated heterocycles. The molecule has 1 unspecified atom stereocenters. The number of allylic oxidation sites excluding steroid dienone is 4. The Balaban J connectivity index is 1.11. The molecule has 4 aromatic carbocycles. The van der Waals surface area contributed by atoms with Gasteiger partial charge in [0.25, 0.3) is 0 Å². The number of ether oxygens (including phenoxy) is 2. The zero-order valence-corrected chi connectivity index (χ0v) is 31.8. The lowest BCUT2D eigenvalue weighted by Gasteiger charge is -2.45. The molecule has 52 heavy (non-hydrogen) atoms. The second kappa shape index (κ2) is 18.8. The molecule has 0 N–H and O–H groups in total. The Labute approximate surface area is 316 Å². The highest BCUT2D eigenvalue weighted by molar-refractivity contribution is 6.18. The van der Waals surface area contributed by atoms with E-state index in [0.717, 1.165) is 40.7 Å². The van der Waals surface area contributed by atoms with Crippen LogP contribution >= 0.6 is 11.6 Å². The van der Waals surface area contributed by atoms with Gasteiger partial charge in [0, 0.05) is 5.88 Å². The van der Waals surface area contributed by atoms with Gasteiger partial charge in [-0.15, -0.1) is 18.2 Å². The monoisotopic (exact) mass is 712 g/mol. The standard InChI is InChI=1S/C48H53ClO3/c1-6-48(5)30-28-42(34-45(48)35(2)3)36(4)14-13-15-37-20-22-41(23-21-37)47(50)52-33-32-51-43-26-24-40(25-27-43)46(39-18-11-8-12-19-39)44(29-31-49)38-16-9-7-10-17-38/h6-13,15-27,36,42,45H,1-2,14,28-34H2,3-5H3/b15-13+,46-44-/t36?,42-,45+,48-/m1/s1. The normalized spacial score (nSPS) is 19.8. The molecule has 1 fully saturated rings. The lowest BCUT2D eigenvalue weighted by atomic mass is 9.60. The molecule has 0 radical (unpaired) electrons. The summed E-state index contributed by atoms with van der Waals surface area (Å²) in [7, 11) is 0. The van der Waals surface area contributed by atoms with E-state index in [-0.39, 0.29) is 24.6 Å². The van der Waals surface area contributed by atoms with Crippen LogP contribution in [-0.2, 0) is 4.74 Å². The summed E-state index contributed by atoms with van der Waals surface area (Å²) in [6.07, 6.45) is 11.9. The Morgan fingerprint density at radius 2 is 1.50 bits per heavy atom. The summed E-state index contributed by atoms with van der Waals surface area (Å²) in [6.45, 7) is 15.7. The largest absolute Gasteiger partial charge is 0.490 e. The predicted molar refractivity (Wildman–Crippen MR) is 220 cm³/mol. The molecule has 4 aromatic rings. The van der Waals surface area contributed by atoms with Crippen LogP contribution < -0.4 is 4.74 Å². The highest BCUT2D eigenvalue weighted by Crippen LogP contribution is 2.49. The Morgan fingerprint density at radius 3 is 2.12 bits per heavy atom. The Bertz CT molecular complexity index is 1820. The van der Waals surface area contributed by atoms with E-state index >= 15 is 0 Å². The molecule has 5 rings (SSSR count). The van der Waals surface area contributed by atoms with Crippen molar-refractivity contribution in [1.82, 2.24) is 0 Å². The molecule has 3 nitrogen and oxygen atoms in total. The lowest BCUT2D eigenvalue weighted by Crippen LogP contribution is -2.35. The van der Waals surface area contributed by atoms with Gasteiger partial charge in [0.1, 0.15) is 19.0 Å². The van der Waals surface area contributed by atoms with Crippen LogP contribution in [0.1, 0.15) is 85.5 Å². The molecule has 0 amide bonds. The van der Waals surface area contributed by atoms with Crippen LogP contribution in [0.25, 0.3) is 17.2 Å². The molecule has 0 bridgehead atoms. The fourth-order valence-corrected chi connectivity index (χ4v) is 7.78. The molecule has 270 valence electrons. The fourth-order valence-electron chi connectivity index (χ4n) is 7.59. The molecular weight excluding hydrogens is 660 g/mol. The average molecular weight is 713 g/mol. The molecule has 0 aliphatic heterocycles. The van der Waals surface area contributed by atoms with Crippen LogP contribution in [-0.4, -0.2) is 25.1 Å². The first-order valence-corrected chi connectivity index (χ1v) is 19.1. The minimum absolute atomic E-state index is 0.155. The van der Waals surface area contributed by atoms with E-state index in [1.54, 1.807) is 0 Å². The second-order valence-corrected chi connectivity index (χ2v) is 14.8. The van der Waals surface area contributed by atoms with Crippen molar-refractivity contribution in [3.05, 3.63) is 168 Å². The minimum Gasteiger partial charge on any atom is -0.490 e. The highest BCUT2D eigenvalue weighted by Gasteiger charge is 2.39. The van der Waals surface area contributed by atoms with E-state index in [1.807, 2.05) is 48.5 Å². The topological polar surface area (TPSA) is 35.5 Å². The maximum atomic E-state index is 12.8. The van der Waals surface area contributed by atoms with Crippen LogP contribution in [0.2, 0.25) is 0 Å². The number of hydrogen-bond acceptors (Lipinski definition) is 3. The summed E-state index contributed by atoms with van der Waals surface area (Å²) in [5.41, 5.74) is 8.75. The molecule has 0 spiro atoms. The molecule has 1 saturated carbocycles. The van der Waals surface area contributed by atoms with E-state index in [2.05, 4.69) is 113 Å². The summed E-state index contributed by atoms with van der Waals surface area (Å²) in [5, 5.41) is 0. The van der Waals surface area contributed by atoms with Gasteiger partial charge in [0.15, 0.2) is 0 Å². The number of carbonyl (C=O) groups excluding carboxylic acids is 1. The molecule has 0 heterocycles. The zero-order chi connectivity index (χ0) is 36.9. The number of alkyl halides is 1. The van der Waals surface area contributed by atoms with Crippen LogP contribution in [0.4, 0.5) is 0 Å². The summed E-state index contributed by atoms with van der Waals surface area (Å²) in [4.78, 5) is 12.8. The second-order valence-electron chi connectivity index (χ2n) is 14.4. The first-order chi connectivity index (χ1) is 25.2. The van der Waals surface area contributed by atoms with E-state index in [4.69, 9.17) is 21.1 Å². The number of hydrogen-bond donors (Lipinski definition) is 0. The smallest absolute Gasteiger partial charge is 0.338 e. The van der Waals surface area contributed by atoms with Gasteiger partial charge in [-0.05, 0) is 120 Å². The predicted octanol–water partition coefficient (Wildman–Crippen LogP) is 12.7. The summed E-state index contributed by atoms with van der Waals surface area (Å²) in [6, 6.07) is 36.5. The van der Waals surface area contributed by atoms with E-state index in [9.17, 15) is 4.79 Å². The van der Waals surface area contributed by atoms with Crippen molar-refractivity contribution in [3.8, 4) is 5.75 Å². The van der Waals surface area contributed by atoms with Crippen molar-refractivity contribution in [2.75, 3.05) is 19.1 Å². The highest BCUT2D eigenvalue weighted by atomic mass is 35.5. The maximum Gasteiger partial charge on any atom is 0.338 e. The van der Waals surface area contributed by atoms with Crippen molar-refractivity contribution >= 4 is 34.8 Å². The van der Waals surface area contributed by atoms with Gasteiger partial charge in [-0.1, -0.05) is 129 Å². The quantitative estimate of drug-likeness (QED) is 0.0381. The third-order valence-corrected chi connectivity index (χ3v) is 11.0. The number of halogens is 1. The first kappa shape index (κ1) is 38.6. The maximum absolute atomic E-state index is 12.8. The number of esters is 1. The van der Waals surface area contributed by atoms with Gasteiger partial charge in [0.05, 0.1) is 5.56 Å². The lowest BCUT2D eigenvalue weighted by molar-refractivity contribution is 0.0450. The minimum atomic E-state index is -0.357. The van der Waals surface area contributed by atoms with Crippen molar-refractivity contribution in [1.29, 1.82) is 0 Å². The Kier molecular flexibility index (Phi) is 13.9. The molecule has 4 heteroatoms. The number of benzene rings is 4. The van der Waals surface area contributed by atoms with Gasteiger partial charge in [0.2, 0.25) is 0 Å². The average Bonchev–Trinajstić information content (AvgIpc) is 3.17. The van der Waals surface area contributed by atoms with E-state index in [1.165, 1.54) is 30.4 Å². The Hall–Kier alpha value is -4.60.